The lowest BCUT2D eigenvalue weighted by atomic mass is 9.89. The Morgan fingerprint density at radius 2 is 2.19 bits per heavy atom. The van der Waals surface area contributed by atoms with Crippen LogP contribution in [-0.2, 0) is 4.74 Å². The van der Waals surface area contributed by atoms with Crippen LogP contribution in [-0.4, -0.2) is 29.6 Å². The molecular weight excluding hydrogens is 268 g/mol. The van der Waals surface area contributed by atoms with Crippen molar-refractivity contribution in [3.8, 4) is 0 Å². The van der Waals surface area contributed by atoms with Crippen LogP contribution in [0.5, 0.6) is 0 Å². The van der Waals surface area contributed by atoms with Gasteiger partial charge >= 0.3 is 0 Å². The Morgan fingerprint density at radius 1 is 1.48 bits per heavy atom. The van der Waals surface area contributed by atoms with E-state index < -0.39 is 0 Å². The molecule has 116 valence electrons. The second-order valence-electron chi connectivity index (χ2n) is 5.68. The SMILES string of the molecule is CCOC1CC(NC(=O)c2cc(NN)nc(C(C)C)c2)C1. The minimum absolute atomic E-state index is 0.0873. The molecule has 1 aromatic heterocycles. The molecule has 1 aliphatic rings. The molecule has 0 aromatic carbocycles. The Balaban J connectivity index is 2.00. The lowest BCUT2D eigenvalue weighted by molar-refractivity contribution is -0.00862. The van der Waals surface area contributed by atoms with Gasteiger partial charge in [-0.15, -0.1) is 0 Å². The van der Waals surface area contributed by atoms with E-state index in [1.54, 1.807) is 6.07 Å². The summed E-state index contributed by atoms with van der Waals surface area (Å²) in [6, 6.07) is 3.68. The first-order chi connectivity index (χ1) is 10.0. The maximum atomic E-state index is 12.3. The molecule has 6 heteroatoms. The molecule has 0 unspecified atom stereocenters. The molecule has 4 N–H and O–H groups in total. The van der Waals surface area contributed by atoms with Crippen LogP contribution in [0.4, 0.5) is 5.82 Å². The first kappa shape index (κ1) is 15.7. The molecule has 0 bridgehead atoms. The quantitative estimate of drug-likeness (QED) is 0.549. The van der Waals surface area contributed by atoms with Crippen molar-refractivity contribution in [1.29, 1.82) is 0 Å². The van der Waals surface area contributed by atoms with Gasteiger partial charge in [0.15, 0.2) is 0 Å². The molecule has 21 heavy (non-hydrogen) atoms. The molecule has 0 radical (unpaired) electrons. The van der Waals surface area contributed by atoms with Crippen molar-refractivity contribution in [3.63, 3.8) is 0 Å². The largest absolute Gasteiger partial charge is 0.378 e. The van der Waals surface area contributed by atoms with Gasteiger partial charge in [0, 0.05) is 23.9 Å². The van der Waals surface area contributed by atoms with Crippen molar-refractivity contribution in [1.82, 2.24) is 10.3 Å². The van der Waals surface area contributed by atoms with Crippen LogP contribution >= 0.6 is 0 Å². The van der Waals surface area contributed by atoms with E-state index >= 15 is 0 Å². The lowest BCUT2D eigenvalue weighted by Crippen LogP contribution is -2.47. The van der Waals surface area contributed by atoms with Crippen molar-refractivity contribution in [3.05, 3.63) is 23.4 Å². The van der Waals surface area contributed by atoms with Crippen molar-refractivity contribution in [2.24, 2.45) is 5.84 Å². The molecule has 0 aliphatic heterocycles. The fourth-order valence-corrected chi connectivity index (χ4v) is 2.38. The first-order valence-corrected chi connectivity index (χ1v) is 7.44. The molecule has 0 atom stereocenters. The van der Waals surface area contributed by atoms with E-state index in [1.807, 2.05) is 26.8 Å². The molecule has 6 nitrogen and oxygen atoms in total. The normalized spacial score (nSPS) is 21.0. The van der Waals surface area contributed by atoms with Gasteiger partial charge in [-0.2, -0.15) is 0 Å². The number of hydrogen-bond acceptors (Lipinski definition) is 5. The average molecular weight is 292 g/mol. The molecule has 1 amide bonds. The number of nitrogen functional groups attached to an aromatic ring is 1. The van der Waals surface area contributed by atoms with Gasteiger partial charge in [0.25, 0.3) is 5.91 Å². The van der Waals surface area contributed by atoms with E-state index in [4.69, 9.17) is 10.6 Å². The summed E-state index contributed by atoms with van der Waals surface area (Å²) in [6.07, 6.45) is 2.04. The van der Waals surface area contributed by atoms with Crippen LogP contribution in [0, 0.1) is 0 Å². The zero-order valence-corrected chi connectivity index (χ0v) is 12.8. The number of ether oxygens (including phenoxy) is 1. The van der Waals surface area contributed by atoms with Crippen LogP contribution < -0.4 is 16.6 Å². The number of nitrogens with zero attached hydrogens (tertiary/aromatic N) is 1. The first-order valence-electron chi connectivity index (χ1n) is 7.44. The maximum Gasteiger partial charge on any atom is 0.251 e. The topological polar surface area (TPSA) is 89.3 Å². The molecule has 1 heterocycles. The van der Waals surface area contributed by atoms with E-state index in [1.165, 1.54) is 0 Å². The number of rotatable bonds is 6. The standard InChI is InChI=1S/C15H24N4O2/c1-4-21-12-7-11(8-12)17-15(20)10-5-13(9(2)3)18-14(6-10)19-16/h5-6,9,11-12H,4,7-8,16H2,1-3H3,(H,17,20)(H,18,19). The fraction of sp³-hybridized carbons (Fsp3) is 0.600. The predicted octanol–water partition coefficient (Wildman–Crippen LogP) is 1.79. The van der Waals surface area contributed by atoms with Gasteiger partial charge < -0.3 is 15.5 Å². The monoisotopic (exact) mass is 292 g/mol. The summed E-state index contributed by atoms with van der Waals surface area (Å²) < 4.78 is 5.49. The van der Waals surface area contributed by atoms with E-state index in [0.29, 0.717) is 11.4 Å². The Bertz CT molecular complexity index is 498. The predicted molar refractivity (Wildman–Crippen MR) is 82.0 cm³/mol. The van der Waals surface area contributed by atoms with Crippen LogP contribution in [0.1, 0.15) is 55.6 Å². The van der Waals surface area contributed by atoms with Gasteiger partial charge in [-0.05, 0) is 37.8 Å². The van der Waals surface area contributed by atoms with E-state index in [0.717, 1.165) is 25.1 Å². The summed E-state index contributed by atoms with van der Waals surface area (Å²) in [7, 11) is 0. The number of nitrogens with one attached hydrogen (secondary N) is 2. The van der Waals surface area contributed by atoms with Crippen LogP contribution in [0.25, 0.3) is 0 Å². The second-order valence-corrected chi connectivity index (χ2v) is 5.68. The third-order valence-electron chi connectivity index (χ3n) is 3.68. The third-order valence-corrected chi connectivity index (χ3v) is 3.68. The van der Waals surface area contributed by atoms with Crippen molar-refractivity contribution in [2.45, 2.75) is 51.7 Å². The summed E-state index contributed by atoms with van der Waals surface area (Å²) in [4.78, 5) is 16.7. The van der Waals surface area contributed by atoms with Gasteiger partial charge in [-0.3, -0.25) is 4.79 Å². The average Bonchev–Trinajstić information content (AvgIpc) is 2.44. The highest BCUT2D eigenvalue weighted by atomic mass is 16.5. The minimum atomic E-state index is -0.0873. The zero-order chi connectivity index (χ0) is 15.4. The van der Waals surface area contributed by atoms with Gasteiger partial charge in [0.2, 0.25) is 0 Å². The van der Waals surface area contributed by atoms with Crippen LogP contribution in [0.2, 0.25) is 0 Å². The number of hydrogen-bond donors (Lipinski definition) is 3. The van der Waals surface area contributed by atoms with Crippen molar-refractivity contribution >= 4 is 11.7 Å². The number of carbonyl (C=O) groups excluding carboxylic acids is 1. The molecule has 2 rings (SSSR count). The summed E-state index contributed by atoms with van der Waals surface area (Å²) >= 11 is 0. The third kappa shape index (κ3) is 3.92. The molecule has 1 saturated carbocycles. The minimum Gasteiger partial charge on any atom is -0.378 e. The van der Waals surface area contributed by atoms with Gasteiger partial charge in [0.05, 0.1) is 6.10 Å². The summed E-state index contributed by atoms with van der Waals surface area (Å²) in [5, 5.41) is 3.02. The number of aromatic nitrogens is 1. The molecule has 1 aromatic rings. The van der Waals surface area contributed by atoms with Gasteiger partial charge in [-0.1, -0.05) is 13.8 Å². The summed E-state index contributed by atoms with van der Waals surface area (Å²) in [6.45, 7) is 6.77. The molecule has 0 saturated heterocycles. The Kier molecular flexibility index (Phi) is 5.14. The summed E-state index contributed by atoms with van der Waals surface area (Å²) in [5.41, 5.74) is 3.94. The molecular formula is C15H24N4O2. The highest BCUT2D eigenvalue weighted by Crippen LogP contribution is 2.24. The highest BCUT2D eigenvalue weighted by Gasteiger charge is 2.31. The number of pyridine rings is 1. The van der Waals surface area contributed by atoms with E-state index in [9.17, 15) is 4.79 Å². The highest BCUT2D eigenvalue weighted by molar-refractivity contribution is 5.95. The molecule has 1 aliphatic carbocycles. The van der Waals surface area contributed by atoms with Gasteiger partial charge in [0.1, 0.15) is 5.82 Å². The number of carbonyl (C=O) groups is 1. The second kappa shape index (κ2) is 6.87. The maximum absolute atomic E-state index is 12.3. The number of anilines is 1. The molecule has 1 fully saturated rings. The van der Waals surface area contributed by atoms with Gasteiger partial charge in [-0.25, -0.2) is 10.8 Å². The lowest BCUT2D eigenvalue weighted by Gasteiger charge is -2.35. The smallest absolute Gasteiger partial charge is 0.251 e. The van der Waals surface area contributed by atoms with E-state index in [-0.39, 0.29) is 24.0 Å². The van der Waals surface area contributed by atoms with Crippen molar-refractivity contribution in [2.75, 3.05) is 12.0 Å². The Labute approximate surface area is 125 Å². The zero-order valence-electron chi connectivity index (χ0n) is 12.8. The van der Waals surface area contributed by atoms with Crippen molar-refractivity contribution < 1.29 is 9.53 Å². The van der Waals surface area contributed by atoms with Crippen LogP contribution in [0.3, 0.4) is 0 Å². The molecule has 0 spiro atoms. The van der Waals surface area contributed by atoms with Crippen LogP contribution in [0.15, 0.2) is 12.1 Å². The number of hydrazine groups is 1. The summed E-state index contributed by atoms with van der Waals surface area (Å²) in [5.74, 6) is 6.07. The Morgan fingerprint density at radius 3 is 2.76 bits per heavy atom. The fourth-order valence-electron chi connectivity index (χ4n) is 2.38. The number of nitrogens with two attached hydrogens (primary N) is 1. The van der Waals surface area contributed by atoms with E-state index in [2.05, 4.69) is 15.7 Å². The Hall–Kier alpha value is -1.66. The number of amides is 1.